The average molecular weight is 358 g/mol. The van der Waals surface area contributed by atoms with Gasteiger partial charge in [0.25, 0.3) is 0 Å². The first-order chi connectivity index (χ1) is 12.3. The molecule has 0 aliphatic rings. The Bertz CT molecular complexity index is 923. The Labute approximate surface area is 149 Å². The fourth-order valence-corrected chi connectivity index (χ4v) is 2.52. The minimum absolute atomic E-state index is 0.0559. The van der Waals surface area contributed by atoms with Gasteiger partial charge < -0.3 is 10.6 Å². The number of hydrogen-bond donors (Lipinski definition) is 2. The highest BCUT2D eigenvalue weighted by Crippen LogP contribution is 2.35. The Kier molecular flexibility index (Phi) is 4.79. The summed E-state index contributed by atoms with van der Waals surface area (Å²) in [6, 6.07) is 14.5. The van der Waals surface area contributed by atoms with Crippen LogP contribution in [0.4, 0.5) is 36.3 Å². The van der Waals surface area contributed by atoms with Crippen LogP contribution in [-0.2, 0) is 6.18 Å². The predicted molar refractivity (Wildman–Crippen MR) is 96.0 cm³/mol. The highest BCUT2D eigenvalue weighted by atomic mass is 19.4. The van der Waals surface area contributed by atoms with Crippen molar-refractivity contribution in [2.45, 2.75) is 20.0 Å². The lowest BCUT2D eigenvalue weighted by molar-refractivity contribution is -0.136. The van der Waals surface area contributed by atoms with E-state index in [1.807, 2.05) is 31.2 Å². The molecular formula is C19H17F3N4. The molecule has 26 heavy (non-hydrogen) atoms. The van der Waals surface area contributed by atoms with Gasteiger partial charge in [-0.05, 0) is 43.7 Å². The molecule has 0 bridgehead atoms. The molecule has 134 valence electrons. The third-order valence-electron chi connectivity index (χ3n) is 3.62. The van der Waals surface area contributed by atoms with Gasteiger partial charge in [-0.1, -0.05) is 24.3 Å². The monoisotopic (exact) mass is 358 g/mol. The molecule has 3 rings (SSSR count). The Morgan fingerprint density at radius 3 is 2.35 bits per heavy atom. The Balaban J connectivity index is 1.89. The van der Waals surface area contributed by atoms with Crippen LogP contribution < -0.4 is 10.6 Å². The Morgan fingerprint density at radius 1 is 0.846 bits per heavy atom. The zero-order chi connectivity index (χ0) is 18.7. The summed E-state index contributed by atoms with van der Waals surface area (Å²) in [5, 5.41) is 5.82. The van der Waals surface area contributed by atoms with Gasteiger partial charge in [0, 0.05) is 17.4 Å². The van der Waals surface area contributed by atoms with Crippen molar-refractivity contribution < 1.29 is 13.2 Å². The van der Waals surface area contributed by atoms with Gasteiger partial charge in [-0.3, -0.25) is 0 Å². The minimum atomic E-state index is -4.45. The highest BCUT2D eigenvalue weighted by Gasteiger charge is 2.33. The van der Waals surface area contributed by atoms with Gasteiger partial charge in [0.1, 0.15) is 5.82 Å². The molecule has 1 heterocycles. The van der Waals surface area contributed by atoms with E-state index in [0.29, 0.717) is 11.6 Å². The summed E-state index contributed by atoms with van der Waals surface area (Å²) >= 11 is 0. The average Bonchev–Trinajstić information content (AvgIpc) is 2.54. The van der Waals surface area contributed by atoms with E-state index in [1.165, 1.54) is 18.2 Å². The van der Waals surface area contributed by atoms with E-state index in [0.717, 1.165) is 17.3 Å². The minimum Gasteiger partial charge on any atom is -0.340 e. The van der Waals surface area contributed by atoms with Crippen LogP contribution in [0.2, 0.25) is 0 Å². The molecule has 0 aliphatic heterocycles. The van der Waals surface area contributed by atoms with Crippen molar-refractivity contribution in [3.8, 4) is 0 Å². The zero-order valence-electron chi connectivity index (χ0n) is 14.2. The van der Waals surface area contributed by atoms with Gasteiger partial charge in [0.2, 0.25) is 5.95 Å². The second-order valence-electron chi connectivity index (χ2n) is 5.88. The molecule has 2 N–H and O–H groups in total. The molecule has 0 fully saturated rings. The van der Waals surface area contributed by atoms with Crippen molar-refractivity contribution in [2.75, 3.05) is 10.6 Å². The number of rotatable bonds is 4. The number of hydrogen-bond acceptors (Lipinski definition) is 4. The van der Waals surface area contributed by atoms with Crippen LogP contribution in [0.5, 0.6) is 0 Å². The van der Waals surface area contributed by atoms with Crippen molar-refractivity contribution in [3.63, 3.8) is 0 Å². The highest BCUT2D eigenvalue weighted by molar-refractivity contribution is 5.63. The summed E-state index contributed by atoms with van der Waals surface area (Å²) in [4.78, 5) is 8.56. The number of halogens is 3. The van der Waals surface area contributed by atoms with Crippen LogP contribution in [0.1, 0.15) is 16.8 Å². The van der Waals surface area contributed by atoms with E-state index in [2.05, 4.69) is 20.6 Å². The molecule has 3 aromatic rings. The quantitative estimate of drug-likeness (QED) is 0.637. The molecule has 0 unspecified atom stereocenters. The topological polar surface area (TPSA) is 49.8 Å². The van der Waals surface area contributed by atoms with E-state index in [4.69, 9.17) is 0 Å². The van der Waals surface area contributed by atoms with Crippen LogP contribution in [0.25, 0.3) is 0 Å². The van der Waals surface area contributed by atoms with Crippen molar-refractivity contribution in [2.24, 2.45) is 0 Å². The van der Waals surface area contributed by atoms with E-state index in [-0.39, 0.29) is 11.5 Å². The van der Waals surface area contributed by atoms with Crippen molar-refractivity contribution in [1.82, 2.24) is 9.97 Å². The SMILES string of the molecule is Cc1cccc(Nc2nc(C)cc(Nc3ccccc3C(F)(F)F)n2)c1. The standard InChI is InChI=1S/C19H17F3N4/c1-12-6-5-7-14(10-12)24-18-23-13(2)11-17(26-18)25-16-9-4-3-8-15(16)19(20,21)22/h3-11H,1-2H3,(H2,23,24,25,26). The number of nitrogens with zero attached hydrogens (tertiary/aromatic N) is 2. The van der Waals surface area contributed by atoms with Crippen molar-refractivity contribution in [1.29, 1.82) is 0 Å². The smallest absolute Gasteiger partial charge is 0.340 e. The number of nitrogens with one attached hydrogen (secondary N) is 2. The summed E-state index contributed by atoms with van der Waals surface area (Å²) in [7, 11) is 0. The number of anilines is 4. The number of para-hydroxylation sites is 1. The first-order valence-electron chi connectivity index (χ1n) is 7.94. The molecule has 0 radical (unpaired) electrons. The molecule has 7 heteroatoms. The lowest BCUT2D eigenvalue weighted by atomic mass is 10.1. The van der Waals surface area contributed by atoms with Crippen LogP contribution in [0, 0.1) is 13.8 Å². The second kappa shape index (κ2) is 7.03. The maximum atomic E-state index is 13.1. The molecule has 0 spiro atoms. The maximum Gasteiger partial charge on any atom is 0.418 e. The van der Waals surface area contributed by atoms with Gasteiger partial charge in [-0.25, -0.2) is 4.98 Å². The largest absolute Gasteiger partial charge is 0.418 e. The third kappa shape index (κ3) is 4.30. The zero-order valence-corrected chi connectivity index (χ0v) is 14.2. The second-order valence-corrected chi connectivity index (χ2v) is 5.88. The van der Waals surface area contributed by atoms with Crippen LogP contribution in [0.15, 0.2) is 54.6 Å². The van der Waals surface area contributed by atoms with Crippen molar-refractivity contribution >= 4 is 23.1 Å². The molecule has 4 nitrogen and oxygen atoms in total. The Morgan fingerprint density at radius 2 is 1.62 bits per heavy atom. The van der Waals surface area contributed by atoms with Gasteiger partial charge in [0.15, 0.2) is 0 Å². The van der Waals surface area contributed by atoms with Crippen LogP contribution in [0.3, 0.4) is 0 Å². The van der Waals surface area contributed by atoms with Gasteiger partial charge >= 0.3 is 6.18 Å². The fraction of sp³-hybridized carbons (Fsp3) is 0.158. The van der Waals surface area contributed by atoms with Gasteiger partial charge in [0.05, 0.1) is 11.3 Å². The normalized spacial score (nSPS) is 11.3. The van der Waals surface area contributed by atoms with Gasteiger partial charge in [-0.2, -0.15) is 18.2 Å². The Hall–Kier alpha value is -3.09. The molecule has 1 aromatic heterocycles. The summed E-state index contributed by atoms with van der Waals surface area (Å²) < 4.78 is 39.4. The number of aromatic nitrogens is 2. The van der Waals surface area contributed by atoms with Crippen LogP contribution in [-0.4, -0.2) is 9.97 Å². The first-order valence-corrected chi connectivity index (χ1v) is 7.94. The summed E-state index contributed by atoms with van der Waals surface area (Å²) in [6.45, 7) is 3.72. The maximum absolute atomic E-state index is 13.1. The van der Waals surface area contributed by atoms with E-state index in [1.54, 1.807) is 13.0 Å². The molecule has 0 atom stereocenters. The molecule has 2 aromatic carbocycles. The molecular weight excluding hydrogens is 341 g/mol. The van der Waals surface area contributed by atoms with E-state index < -0.39 is 11.7 Å². The molecule has 0 saturated heterocycles. The van der Waals surface area contributed by atoms with E-state index >= 15 is 0 Å². The summed E-state index contributed by atoms with van der Waals surface area (Å²) in [5.74, 6) is 0.590. The third-order valence-corrected chi connectivity index (χ3v) is 3.62. The summed E-state index contributed by atoms with van der Waals surface area (Å²) in [5.41, 5.74) is 1.70. The fourth-order valence-electron chi connectivity index (χ4n) is 2.52. The lowest BCUT2D eigenvalue weighted by Gasteiger charge is -2.15. The molecule has 0 amide bonds. The predicted octanol–water partition coefficient (Wildman–Crippen LogP) is 5.60. The first kappa shape index (κ1) is 17.7. The number of benzene rings is 2. The van der Waals surface area contributed by atoms with E-state index in [9.17, 15) is 13.2 Å². The van der Waals surface area contributed by atoms with Crippen molar-refractivity contribution in [3.05, 3.63) is 71.4 Å². The number of aryl methyl sites for hydroxylation is 2. The summed E-state index contributed by atoms with van der Waals surface area (Å²) in [6.07, 6.45) is -4.45. The number of alkyl halides is 3. The van der Waals surface area contributed by atoms with Gasteiger partial charge in [-0.15, -0.1) is 0 Å². The van der Waals surface area contributed by atoms with Crippen LogP contribution >= 0.6 is 0 Å². The lowest BCUT2D eigenvalue weighted by Crippen LogP contribution is -2.09. The molecule has 0 aliphatic carbocycles. The molecule has 0 saturated carbocycles.